The zero-order valence-corrected chi connectivity index (χ0v) is 10.9. The number of hydrogen-bond donors (Lipinski definition) is 1. The summed E-state index contributed by atoms with van der Waals surface area (Å²) in [5.41, 5.74) is 2.81. The van der Waals surface area contributed by atoms with Crippen LogP contribution in [0.3, 0.4) is 0 Å². The number of nitrogens with zero attached hydrogens (tertiary/aromatic N) is 1. The lowest BCUT2D eigenvalue weighted by molar-refractivity contribution is 0.691. The summed E-state index contributed by atoms with van der Waals surface area (Å²) >= 11 is 2.06. The van der Waals surface area contributed by atoms with E-state index in [1.165, 1.54) is 29.3 Å². The lowest BCUT2D eigenvalue weighted by atomic mass is 10.1. The van der Waals surface area contributed by atoms with Crippen molar-refractivity contribution < 1.29 is 0 Å². The maximum Gasteiger partial charge on any atom is 0.0414 e. The SMILES string of the molecule is CNCc1ccccc1N1CCSCC1C. The van der Waals surface area contributed by atoms with Crippen LogP contribution in [0.2, 0.25) is 0 Å². The van der Waals surface area contributed by atoms with Crippen molar-refractivity contribution >= 4 is 17.4 Å². The average Bonchev–Trinajstić information content (AvgIpc) is 2.31. The van der Waals surface area contributed by atoms with Crippen LogP contribution < -0.4 is 10.2 Å². The number of benzene rings is 1. The van der Waals surface area contributed by atoms with Crippen LogP contribution in [0, 0.1) is 0 Å². The third kappa shape index (κ3) is 2.53. The summed E-state index contributed by atoms with van der Waals surface area (Å²) < 4.78 is 0. The highest BCUT2D eigenvalue weighted by atomic mass is 32.2. The van der Waals surface area contributed by atoms with Gasteiger partial charge in [-0.15, -0.1) is 0 Å². The van der Waals surface area contributed by atoms with Gasteiger partial charge in [-0.25, -0.2) is 0 Å². The first-order valence-electron chi connectivity index (χ1n) is 5.90. The Hall–Kier alpha value is -0.670. The van der Waals surface area contributed by atoms with Crippen molar-refractivity contribution in [1.29, 1.82) is 0 Å². The van der Waals surface area contributed by atoms with Crippen LogP contribution in [-0.2, 0) is 6.54 Å². The zero-order chi connectivity index (χ0) is 11.4. The molecular weight excluding hydrogens is 216 g/mol. The van der Waals surface area contributed by atoms with Crippen LogP contribution in [-0.4, -0.2) is 31.1 Å². The minimum absolute atomic E-state index is 0.650. The maximum atomic E-state index is 3.25. The minimum atomic E-state index is 0.650. The molecule has 0 saturated carbocycles. The van der Waals surface area contributed by atoms with Gasteiger partial charge in [-0.3, -0.25) is 0 Å². The molecule has 3 heteroatoms. The molecule has 1 unspecified atom stereocenters. The number of hydrogen-bond acceptors (Lipinski definition) is 3. The van der Waals surface area contributed by atoms with Gasteiger partial charge in [-0.1, -0.05) is 18.2 Å². The number of rotatable bonds is 3. The van der Waals surface area contributed by atoms with Crippen molar-refractivity contribution in [2.24, 2.45) is 0 Å². The molecule has 1 fully saturated rings. The van der Waals surface area contributed by atoms with Gasteiger partial charge < -0.3 is 10.2 Å². The fourth-order valence-electron chi connectivity index (χ4n) is 2.22. The molecular formula is C13H20N2S. The third-order valence-corrected chi connectivity index (χ3v) is 4.23. The number of nitrogens with one attached hydrogen (secondary N) is 1. The van der Waals surface area contributed by atoms with E-state index in [4.69, 9.17) is 0 Å². The van der Waals surface area contributed by atoms with E-state index >= 15 is 0 Å². The van der Waals surface area contributed by atoms with Crippen LogP contribution in [0.4, 0.5) is 5.69 Å². The van der Waals surface area contributed by atoms with Crippen molar-refractivity contribution in [1.82, 2.24) is 5.32 Å². The molecule has 1 saturated heterocycles. The largest absolute Gasteiger partial charge is 0.367 e. The van der Waals surface area contributed by atoms with Crippen molar-refractivity contribution in [2.75, 3.05) is 30.0 Å². The Kier molecular flexibility index (Phi) is 4.13. The van der Waals surface area contributed by atoms with E-state index in [1.54, 1.807) is 0 Å². The third-order valence-electron chi connectivity index (χ3n) is 3.04. The number of para-hydroxylation sites is 1. The molecule has 1 atom stereocenters. The van der Waals surface area contributed by atoms with Crippen molar-refractivity contribution in [3.8, 4) is 0 Å². The van der Waals surface area contributed by atoms with Crippen molar-refractivity contribution in [3.05, 3.63) is 29.8 Å². The second kappa shape index (κ2) is 5.60. The molecule has 0 aromatic heterocycles. The Morgan fingerprint density at radius 1 is 1.44 bits per heavy atom. The normalized spacial score (nSPS) is 21.1. The summed E-state index contributed by atoms with van der Waals surface area (Å²) in [5.74, 6) is 2.49. The molecule has 0 aliphatic carbocycles. The van der Waals surface area contributed by atoms with Crippen LogP contribution >= 0.6 is 11.8 Å². The van der Waals surface area contributed by atoms with Gasteiger partial charge in [0.05, 0.1) is 0 Å². The number of anilines is 1. The van der Waals surface area contributed by atoms with E-state index in [0.29, 0.717) is 6.04 Å². The van der Waals surface area contributed by atoms with Gasteiger partial charge in [0.1, 0.15) is 0 Å². The van der Waals surface area contributed by atoms with E-state index < -0.39 is 0 Å². The first kappa shape index (κ1) is 11.8. The van der Waals surface area contributed by atoms with E-state index in [0.717, 1.165) is 6.54 Å². The summed E-state index contributed by atoms with van der Waals surface area (Å²) in [6.07, 6.45) is 0. The predicted octanol–water partition coefficient (Wildman–Crippen LogP) is 2.35. The molecule has 2 nitrogen and oxygen atoms in total. The van der Waals surface area contributed by atoms with E-state index in [-0.39, 0.29) is 0 Å². The second-order valence-corrected chi connectivity index (χ2v) is 5.43. The van der Waals surface area contributed by atoms with E-state index in [1.807, 2.05) is 7.05 Å². The molecule has 0 amide bonds. The minimum Gasteiger partial charge on any atom is -0.367 e. The highest BCUT2D eigenvalue weighted by Crippen LogP contribution is 2.26. The summed E-state index contributed by atoms with van der Waals surface area (Å²) in [6, 6.07) is 9.39. The molecule has 1 aromatic carbocycles. The van der Waals surface area contributed by atoms with Crippen LogP contribution in [0.15, 0.2) is 24.3 Å². The predicted molar refractivity (Wildman–Crippen MR) is 73.3 cm³/mol. The Morgan fingerprint density at radius 3 is 3.00 bits per heavy atom. The quantitative estimate of drug-likeness (QED) is 0.867. The van der Waals surface area contributed by atoms with Crippen molar-refractivity contribution in [2.45, 2.75) is 19.5 Å². The molecule has 1 aliphatic rings. The van der Waals surface area contributed by atoms with Crippen LogP contribution in [0.5, 0.6) is 0 Å². The Labute approximate surface area is 102 Å². The number of thioether (sulfide) groups is 1. The summed E-state index contributed by atoms with van der Waals surface area (Å²) in [7, 11) is 2.01. The molecule has 16 heavy (non-hydrogen) atoms. The van der Waals surface area contributed by atoms with Gasteiger partial charge in [-0.05, 0) is 25.6 Å². The van der Waals surface area contributed by atoms with Crippen molar-refractivity contribution in [3.63, 3.8) is 0 Å². The lowest BCUT2D eigenvalue weighted by Crippen LogP contribution is -2.41. The Balaban J connectivity index is 2.23. The molecule has 0 spiro atoms. The first-order valence-corrected chi connectivity index (χ1v) is 7.05. The lowest BCUT2D eigenvalue weighted by Gasteiger charge is -2.36. The molecule has 88 valence electrons. The second-order valence-electron chi connectivity index (χ2n) is 4.28. The molecule has 0 radical (unpaired) electrons. The fraction of sp³-hybridized carbons (Fsp3) is 0.538. The van der Waals surface area contributed by atoms with Crippen LogP contribution in [0.1, 0.15) is 12.5 Å². The van der Waals surface area contributed by atoms with Gasteiger partial charge in [0.2, 0.25) is 0 Å². The molecule has 0 bridgehead atoms. The van der Waals surface area contributed by atoms with E-state index in [9.17, 15) is 0 Å². The zero-order valence-electron chi connectivity index (χ0n) is 10.1. The molecule has 1 heterocycles. The van der Waals surface area contributed by atoms with Crippen LogP contribution in [0.25, 0.3) is 0 Å². The Bertz CT molecular complexity index is 340. The van der Waals surface area contributed by atoms with Gasteiger partial charge in [0.25, 0.3) is 0 Å². The van der Waals surface area contributed by atoms with Gasteiger partial charge in [0.15, 0.2) is 0 Å². The molecule has 1 aliphatic heterocycles. The van der Waals surface area contributed by atoms with E-state index in [2.05, 4.69) is 53.2 Å². The summed E-state index contributed by atoms with van der Waals surface area (Å²) in [5, 5.41) is 3.25. The monoisotopic (exact) mass is 236 g/mol. The first-order chi connectivity index (χ1) is 7.83. The standard InChI is InChI=1S/C13H20N2S/c1-11-10-16-8-7-15(11)13-6-4-3-5-12(13)9-14-2/h3-6,11,14H,7-10H2,1-2H3. The highest BCUT2D eigenvalue weighted by molar-refractivity contribution is 7.99. The average molecular weight is 236 g/mol. The van der Waals surface area contributed by atoms with Gasteiger partial charge in [-0.2, -0.15) is 11.8 Å². The Morgan fingerprint density at radius 2 is 2.25 bits per heavy atom. The molecule has 2 rings (SSSR count). The van der Waals surface area contributed by atoms with Gasteiger partial charge >= 0.3 is 0 Å². The fourth-order valence-corrected chi connectivity index (χ4v) is 3.23. The maximum absolute atomic E-state index is 3.25. The molecule has 1 N–H and O–H groups in total. The smallest absolute Gasteiger partial charge is 0.0414 e. The van der Waals surface area contributed by atoms with Gasteiger partial charge in [0, 0.05) is 36.3 Å². The molecule has 1 aromatic rings. The summed E-state index contributed by atoms with van der Waals surface area (Å²) in [4.78, 5) is 2.54. The topological polar surface area (TPSA) is 15.3 Å². The summed E-state index contributed by atoms with van der Waals surface area (Å²) in [6.45, 7) is 4.45. The highest BCUT2D eigenvalue weighted by Gasteiger charge is 2.20.